The van der Waals surface area contributed by atoms with Crippen LogP contribution < -0.4 is 5.32 Å². The van der Waals surface area contributed by atoms with Crippen LogP contribution in [0.1, 0.15) is 10.4 Å². The highest BCUT2D eigenvalue weighted by molar-refractivity contribution is 8.26. The van der Waals surface area contributed by atoms with Crippen LogP contribution in [0.15, 0.2) is 41.3 Å². The number of hydrogen-bond acceptors (Lipinski definition) is 4. The molecule has 1 heterocycles. The highest BCUT2D eigenvalue weighted by Gasteiger charge is 2.23. The van der Waals surface area contributed by atoms with E-state index in [4.69, 9.17) is 12.2 Å². The van der Waals surface area contributed by atoms with Crippen LogP contribution in [-0.4, -0.2) is 16.0 Å². The first-order chi connectivity index (χ1) is 7.66. The van der Waals surface area contributed by atoms with E-state index in [1.54, 1.807) is 24.3 Å². The molecule has 0 radical (unpaired) electrons. The van der Waals surface area contributed by atoms with Gasteiger partial charge in [0.1, 0.15) is 4.32 Å². The van der Waals surface area contributed by atoms with Gasteiger partial charge in [-0.2, -0.15) is 0 Å². The summed E-state index contributed by atoms with van der Waals surface area (Å²) >= 11 is 5.93. The molecule has 1 aromatic carbocycles. The molecule has 0 unspecified atom stereocenters. The van der Waals surface area contributed by atoms with E-state index in [1.165, 1.54) is 6.08 Å². The van der Waals surface area contributed by atoms with Crippen LogP contribution in [0.25, 0.3) is 0 Å². The van der Waals surface area contributed by atoms with E-state index < -0.39 is 0 Å². The Balaban J connectivity index is 2.22. The van der Waals surface area contributed by atoms with E-state index in [2.05, 4.69) is 5.32 Å². The molecule has 0 spiro atoms. The predicted molar refractivity (Wildman–Crippen MR) is 67.2 cm³/mol. The zero-order chi connectivity index (χ0) is 11.5. The van der Waals surface area contributed by atoms with Crippen LogP contribution in [0.4, 0.5) is 0 Å². The normalized spacial score (nSPS) is 17.6. The van der Waals surface area contributed by atoms with Gasteiger partial charge in [-0.1, -0.05) is 54.3 Å². The van der Waals surface area contributed by atoms with Gasteiger partial charge in [-0.3, -0.25) is 9.59 Å². The molecule has 3 nitrogen and oxygen atoms in total. The van der Waals surface area contributed by atoms with Gasteiger partial charge in [0.15, 0.2) is 5.78 Å². The first-order valence-corrected chi connectivity index (χ1v) is 5.73. The maximum absolute atomic E-state index is 11.7. The predicted octanol–water partition coefficient (Wildman–Crippen LogP) is 1.90. The fourth-order valence-electron chi connectivity index (χ4n) is 1.23. The third-order valence-electron chi connectivity index (χ3n) is 1.96. The van der Waals surface area contributed by atoms with E-state index in [-0.39, 0.29) is 11.7 Å². The van der Waals surface area contributed by atoms with Crippen molar-refractivity contribution in [3.8, 4) is 0 Å². The molecule has 1 N–H and O–H groups in total. The lowest BCUT2D eigenvalue weighted by molar-refractivity contribution is -0.115. The zero-order valence-electron chi connectivity index (χ0n) is 8.10. The second kappa shape index (κ2) is 4.59. The van der Waals surface area contributed by atoms with Crippen molar-refractivity contribution in [3.63, 3.8) is 0 Å². The lowest BCUT2D eigenvalue weighted by Gasteiger charge is -1.94. The number of carbonyl (C=O) groups excluding carboxylic acids is 2. The molecule has 1 aliphatic heterocycles. The Bertz CT molecular complexity index is 494. The van der Waals surface area contributed by atoms with Crippen LogP contribution in [-0.2, 0) is 4.79 Å². The summed E-state index contributed by atoms with van der Waals surface area (Å²) in [6.45, 7) is 0. The Labute approximate surface area is 102 Å². The number of rotatable bonds is 2. The second-order valence-electron chi connectivity index (χ2n) is 3.08. The Hall–Kier alpha value is -1.46. The lowest BCUT2D eigenvalue weighted by Crippen LogP contribution is -2.18. The maximum Gasteiger partial charge on any atom is 0.263 e. The summed E-state index contributed by atoms with van der Waals surface area (Å²) in [4.78, 5) is 23.4. The molecule has 1 amide bonds. The minimum Gasteiger partial charge on any atom is -0.307 e. The molecule has 0 atom stereocenters. The van der Waals surface area contributed by atoms with Gasteiger partial charge in [0.25, 0.3) is 5.91 Å². The van der Waals surface area contributed by atoms with Gasteiger partial charge in [-0.15, -0.1) is 0 Å². The fraction of sp³-hybridized carbons (Fsp3) is 0. The molecule has 80 valence electrons. The number of thioether (sulfide) groups is 1. The first kappa shape index (κ1) is 11.0. The number of amides is 1. The minimum absolute atomic E-state index is 0.192. The van der Waals surface area contributed by atoms with Crippen molar-refractivity contribution in [3.05, 3.63) is 46.9 Å². The third-order valence-corrected chi connectivity index (χ3v) is 3.13. The molecule has 0 aromatic heterocycles. The fourth-order valence-corrected chi connectivity index (χ4v) is 2.24. The second-order valence-corrected chi connectivity index (χ2v) is 4.80. The molecule has 0 saturated carbocycles. The summed E-state index contributed by atoms with van der Waals surface area (Å²) in [6, 6.07) is 8.79. The molecule has 1 aliphatic rings. The van der Waals surface area contributed by atoms with Gasteiger partial charge in [0.05, 0.1) is 4.91 Å². The monoisotopic (exact) mass is 249 g/mol. The van der Waals surface area contributed by atoms with Crippen LogP contribution in [0, 0.1) is 0 Å². The average molecular weight is 249 g/mol. The number of benzene rings is 1. The van der Waals surface area contributed by atoms with Crippen LogP contribution in [0.2, 0.25) is 0 Å². The molecule has 16 heavy (non-hydrogen) atoms. The summed E-state index contributed by atoms with van der Waals surface area (Å²) in [5.41, 5.74) is 0.557. The van der Waals surface area contributed by atoms with Crippen molar-refractivity contribution in [2.75, 3.05) is 0 Å². The van der Waals surface area contributed by atoms with Gasteiger partial charge >= 0.3 is 0 Å². The summed E-state index contributed by atoms with van der Waals surface area (Å²) in [7, 11) is 0. The van der Waals surface area contributed by atoms with Gasteiger partial charge < -0.3 is 5.32 Å². The number of nitrogens with one attached hydrogen (secondary N) is 1. The molecule has 1 saturated heterocycles. The van der Waals surface area contributed by atoms with E-state index in [0.29, 0.717) is 14.8 Å². The smallest absolute Gasteiger partial charge is 0.263 e. The topological polar surface area (TPSA) is 46.2 Å². The summed E-state index contributed by atoms with van der Waals surface area (Å²) in [5.74, 6) is -0.498. The number of hydrogen-bond donors (Lipinski definition) is 1. The van der Waals surface area contributed by atoms with Crippen molar-refractivity contribution in [1.82, 2.24) is 5.32 Å². The Morgan fingerprint density at radius 3 is 2.56 bits per heavy atom. The van der Waals surface area contributed by atoms with Crippen molar-refractivity contribution in [1.29, 1.82) is 0 Å². The third kappa shape index (κ3) is 2.37. The van der Waals surface area contributed by atoms with Gasteiger partial charge in [-0.05, 0) is 0 Å². The number of allylic oxidation sites excluding steroid dienone is 1. The molecular formula is C11H7NO2S2. The van der Waals surface area contributed by atoms with Crippen molar-refractivity contribution < 1.29 is 9.59 Å². The van der Waals surface area contributed by atoms with E-state index in [0.717, 1.165) is 11.8 Å². The van der Waals surface area contributed by atoms with Crippen LogP contribution >= 0.6 is 24.0 Å². The molecule has 1 fully saturated rings. The Kier molecular flexibility index (Phi) is 3.17. The lowest BCUT2D eigenvalue weighted by atomic mass is 10.1. The summed E-state index contributed by atoms with van der Waals surface area (Å²) in [5, 5.41) is 2.46. The van der Waals surface area contributed by atoms with E-state index >= 15 is 0 Å². The molecule has 0 aliphatic carbocycles. The molecule has 5 heteroatoms. The highest BCUT2D eigenvalue weighted by atomic mass is 32.2. The van der Waals surface area contributed by atoms with Crippen LogP contribution in [0.3, 0.4) is 0 Å². The maximum atomic E-state index is 11.7. The zero-order valence-corrected chi connectivity index (χ0v) is 9.73. The SMILES string of the molecule is O=C1NC(=S)S/C1=C/C(=O)c1ccccc1. The van der Waals surface area contributed by atoms with Crippen molar-refractivity contribution in [2.45, 2.75) is 0 Å². The molecular weight excluding hydrogens is 242 g/mol. The molecule has 0 bridgehead atoms. The van der Waals surface area contributed by atoms with E-state index in [1.807, 2.05) is 6.07 Å². The molecule has 2 rings (SSSR count). The van der Waals surface area contributed by atoms with Gasteiger partial charge in [-0.25, -0.2) is 0 Å². The largest absolute Gasteiger partial charge is 0.307 e. The van der Waals surface area contributed by atoms with E-state index in [9.17, 15) is 9.59 Å². The summed E-state index contributed by atoms with van der Waals surface area (Å²) < 4.78 is 0.386. The van der Waals surface area contributed by atoms with Crippen molar-refractivity contribution in [2.24, 2.45) is 0 Å². The average Bonchev–Trinajstić information content (AvgIpc) is 2.59. The number of ketones is 1. The van der Waals surface area contributed by atoms with Crippen LogP contribution in [0.5, 0.6) is 0 Å². The highest BCUT2D eigenvalue weighted by Crippen LogP contribution is 2.23. The quantitative estimate of drug-likeness (QED) is 0.494. The standard InChI is InChI=1S/C11H7NO2S2/c13-8(7-4-2-1-3-5-7)6-9-10(14)12-11(15)16-9/h1-6H,(H,12,14,15)/b9-6+. The number of thiocarbonyl (C=S) groups is 1. The van der Waals surface area contributed by atoms with Gasteiger partial charge in [0.2, 0.25) is 0 Å². The summed E-state index contributed by atoms with van der Waals surface area (Å²) in [6.07, 6.45) is 1.31. The first-order valence-electron chi connectivity index (χ1n) is 4.51. The Morgan fingerprint density at radius 1 is 1.31 bits per heavy atom. The van der Waals surface area contributed by atoms with Gasteiger partial charge in [0, 0.05) is 11.6 Å². The van der Waals surface area contributed by atoms with Crippen molar-refractivity contribution >= 4 is 40.0 Å². The number of carbonyl (C=O) groups is 2. The minimum atomic E-state index is -0.306. The Morgan fingerprint density at radius 2 is 2.00 bits per heavy atom. The molecule has 1 aromatic rings.